The van der Waals surface area contributed by atoms with E-state index in [0.717, 1.165) is 28.9 Å². The van der Waals surface area contributed by atoms with Crippen molar-refractivity contribution in [2.75, 3.05) is 6.61 Å². The highest BCUT2D eigenvalue weighted by Gasteiger charge is 2.34. The van der Waals surface area contributed by atoms with E-state index in [1.165, 1.54) is 0 Å². The van der Waals surface area contributed by atoms with Crippen molar-refractivity contribution in [3.8, 4) is 5.75 Å². The standard InChI is InChI=1S/C18H19ClO2/c1-18(2,13-6-4-3-5-7-13)17(20)15-11-14(19)10-12-8-9-21-16(12)15/h3-7,10-11,17,20H,8-9H2,1-2H3. The van der Waals surface area contributed by atoms with Crippen molar-refractivity contribution in [1.29, 1.82) is 0 Å². The van der Waals surface area contributed by atoms with Crippen LogP contribution in [0.25, 0.3) is 0 Å². The van der Waals surface area contributed by atoms with Crippen LogP contribution in [0, 0.1) is 0 Å². The second kappa shape index (κ2) is 5.36. The zero-order valence-electron chi connectivity index (χ0n) is 12.3. The van der Waals surface area contributed by atoms with E-state index >= 15 is 0 Å². The first kappa shape index (κ1) is 14.4. The van der Waals surface area contributed by atoms with E-state index in [9.17, 15) is 5.11 Å². The lowest BCUT2D eigenvalue weighted by atomic mass is 9.76. The van der Waals surface area contributed by atoms with Crippen molar-refractivity contribution >= 4 is 11.6 Å². The first-order valence-corrected chi connectivity index (χ1v) is 7.56. The van der Waals surface area contributed by atoms with Gasteiger partial charge in [0.1, 0.15) is 5.75 Å². The summed E-state index contributed by atoms with van der Waals surface area (Å²) in [6, 6.07) is 13.8. The molecule has 0 saturated carbocycles. The van der Waals surface area contributed by atoms with Gasteiger partial charge in [-0.3, -0.25) is 0 Å². The molecule has 2 aromatic rings. The Morgan fingerprint density at radius 3 is 2.62 bits per heavy atom. The van der Waals surface area contributed by atoms with E-state index in [4.69, 9.17) is 16.3 Å². The summed E-state index contributed by atoms with van der Waals surface area (Å²) in [5, 5.41) is 11.6. The van der Waals surface area contributed by atoms with Crippen LogP contribution in [0.1, 0.15) is 36.6 Å². The fourth-order valence-electron chi connectivity index (χ4n) is 2.92. The third kappa shape index (κ3) is 2.54. The number of rotatable bonds is 3. The third-order valence-electron chi connectivity index (χ3n) is 4.27. The van der Waals surface area contributed by atoms with Crippen molar-refractivity contribution in [3.05, 3.63) is 64.2 Å². The lowest BCUT2D eigenvalue weighted by molar-refractivity contribution is 0.0973. The van der Waals surface area contributed by atoms with Gasteiger partial charge in [0.2, 0.25) is 0 Å². The van der Waals surface area contributed by atoms with Crippen molar-refractivity contribution in [2.45, 2.75) is 31.8 Å². The Morgan fingerprint density at radius 2 is 1.90 bits per heavy atom. The van der Waals surface area contributed by atoms with Crippen molar-refractivity contribution in [2.24, 2.45) is 0 Å². The molecular formula is C18H19ClO2. The summed E-state index contributed by atoms with van der Waals surface area (Å²) < 4.78 is 5.72. The number of ether oxygens (including phenoxy) is 1. The van der Waals surface area contributed by atoms with E-state index in [2.05, 4.69) is 0 Å². The van der Waals surface area contributed by atoms with Gasteiger partial charge < -0.3 is 9.84 Å². The normalized spacial score (nSPS) is 15.4. The summed E-state index contributed by atoms with van der Waals surface area (Å²) >= 11 is 6.20. The van der Waals surface area contributed by atoms with Crippen LogP contribution in [-0.4, -0.2) is 11.7 Å². The largest absolute Gasteiger partial charge is 0.493 e. The molecule has 0 saturated heterocycles. The van der Waals surface area contributed by atoms with Gasteiger partial charge in [-0.15, -0.1) is 0 Å². The number of aliphatic hydroxyl groups excluding tert-OH is 1. The number of aliphatic hydroxyl groups is 1. The molecule has 0 fully saturated rings. The van der Waals surface area contributed by atoms with E-state index in [1.54, 1.807) is 0 Å². The summed E-state index contributed by atoms with van der Waals surface area (Å²) in [5.74, 6) is 0.802. The maximum Gasteiger partial charge on any atom is 0.128 e. The smallest absolute Gasteiger partial charge is 0.128 e. The molecule has 2 aromatic carbocycles. The van der Waals surface area contributed by atoms with Crippen LogP contribution in [0.2, 0.25) is 5.02 Å². The molecule has 2 nitrogen and oxygen atoms in total. The summed E-state index contributed by atoms with van der Waals surface area (Å²) in [4.78, 5) is 0. The number of benzene rings is 2. The molecule has 1 aliphatic rings. The Morgan fingerprint density at radius 1 is 1.19 bits per heavy atom. The SMILES string of the molecule is CC(C)(c1ccccc1)C(O)c1cc(Cl)cc2c1OCC2. The monoisotopic (exact) mass is 302 g/mol. The molecule has 3 heteroatoms. The minimum absolute atomic E-state index is 0.425. The first-order chi connectivity index (χ1) is 10.00. The minimum atomic E-state index is -0.676. The van der Waals surface area contributed by atoms with E-state index in [-0.39, 0.29) is 0 Å². The topological polar surface area (TPSA) is 29.5 Å². The average molecular weight is 303 g/mol. The summed E-state index contributed by atoms with van der Waals surface area (Å²) in [7, 11) is 0. The molecule has 1 aliphatic heterocycles. The fraction of sp³-hybridized carbons (Fsp3) is 0.333. The van der Waals surface area contributed by atoms with Crippen LogP contribution in [0.15, 0.2) is 42.5 Å². The van der Waals surface area contributed by atoms with Crippen LogP contribution < -0.4 is 4.74 Å². The zero-order valence-corrected chi connectivity index (χ0v) is 13.0. The maximum absolute atomic E-state index is 11.0. The van der Waals surface area contributed by atoms with Gasteiger partial charge in [0.05, 0.1) is 12.7 Å². The molecule has 110 valence electrons. The Hall–Kier alpha value is -1.51. The molecule has 1 atom stereocenters. The lowest BCUT2D eigenvalue weighted by Crippen LogP contribution is -2.27. The Balaban J connectivity index is 2.05. The second-order valence-corrected chi connectivity index (χ2v) is 6.51. The Labute approximate surface area is 130 Å². The number of hydrogen-bond acceptors (Lipinski definition) is 2. The number of halogens is 1. The number of hydrogen-bond donors (Lipinski definition) is 1. The maximum atomic E-state index is 11.0. The molecule has 0 radical (unpaired) electrons. The highest BCUT2D eigenvalue weighted by Crippen LogP contribution is 2.44. The molecule has 0 aromatic heterocycles. The van der Waals surface area contributed by atoms with Gasteiger partial charge in [-0.05, 0) is 23.3 Å². The van der Waals surface area contributed by atoms with Gasteiger partial charge in [0.25, 0.3) is 0 Å². The van der Waals surface area contributed by atoms with Crippen molar-refractivity contribution in [3.63, 3.8) is 0 Å². The lowest BCUT2D eigenvalue weighted by Gasteiger charge is -2.32. The highest BCUT2D eigenvalue weighted by molar-refractivity contribution is 6.30. The minimum Gasteiger partial charge on any atom is -0.493 e. The quantitative estimate of drug-likeness (QED) is 0.916. The van der Waals surface area contributed by atoms with Gasteiger partial charge >= 0.3 is 0 Å². The van der Waals surface area contributed by atoms with E-state index in [0.29, 0.717) is 11.6 Å². The van der Waals surface area contributed by atoms with Gasteiger partial charge in [0.15, 0.2) is 0 Å². The molecule has 0 amide bonds. The number of fused-ring (bicyclic) bond motifs is 1. The third-order valence-corrected chi connectivity index (χ3v) is 4.49. The predicted octanol–water partition coefficient (Wildman–Crippen LogP) is 4.29. The van der Waals surface area contributed by atoms with Gasteiger partial charge in [0, 0.05) is 22.4 Å². The molecule has 21 heavy (non-hydrogen) atoms. The molecule has 0 bridgehead atoms. The summed E-state index contributed by atoms with van der Waals surface area (Å²) in [5.41, 5.74) is 2.53. The second-order valence-electron chi connectivity index (χ2n) is 6.07. The van der Waals surface area contributed by atoms with Crippen LogP contribution in [0.3, 0.4) is 0 Å². The summed E-state index contributed by atoms with van der Waals surface area (Å²) in [6.07, 6.45) is 0.173. The van der Waals surface area contributed by atoms with Gasteiger partial charge in [-0.25, -0.2) is 0 Å². The highest BCUT2D eigenvalue weighted by atomic mass is 35.5. The average Bonchev–Trinajstić information content (AvgIpc) is 2.94. The molecule has 3 rings (SSSR count). The fourth-order valence-corrected chi connectivity index (χ4v) is 3.16. The Bertz CT molecular complexity index is 650. The van der Waals surface area contributed by atoms with Gasteiger partial charge in [-0.2, -0.15) is 0 Å². The van der Waals surface area contributed by atoms with Crippen LogP contribution in [0.5, 0.6) is 5.75 Å². The van der Waals surface area contributed by atoms with E-state index in [1.807, 2.05) is 56.3 Å². The molecule has 1 N–H and O–H groups in total. The molecule has 0 aliphatic carbocycles. The molecular weight excluding hydrogens is 284 g/mol. The van der Waals surface area contributed by atoms with Crippen LogP contribution in [0.4, 0.5) is 0 Å². The molecule has 1 heterocycles. The van der Waals surface area contributed by atoms with Crippen LogP contribution in [-0.2, 0) is 11.8 Å². The van der Waals surface area contributed by atoms with Crippen LogP contribution >= 0.6 is 11.6 Å². The van der Waals surface area contributed by atoms with Crippen molar-refractivity contribution < 1.29 is 9.84 Å². The summed E-state index contributed by atoms with van der Waals surface area (Å²) in [6.45, 7) is 4.73. The molecule has 1 unspecified atom stereocenters. The van der Waals surface area contributed by atoms with Crippen molar-refractivity contribution in [1.82, 2.24) is 0 Å². The molecule has 0 spiro atoms. The van der Waals surface area contributed by atoms with Gasteiger partial charge in [-0.1, -0.05) is 55.8 Å². The Kier molecular flexibility index (Phi) is 3.68. The first-order valence-electron chi connectivity index (χ1n) is 7.19. The predicted molar refractivity (Wildman–Crippen MR) is 85.1 cm³/mol. The van der Waals surface area contributed by atoms with E-state index < -0.39 is 11.5 Å². The zero-order chi connectivity index (χ0) is 15.0.